The van der Waals surface area contributed by atoms with E-state index in [4.69, 9.17) is 0 Å². The van der Waals surface area contributed by atoms with Crippen molar-refractivity contribution >= 4 is 47.4 Å². The number of alkyl carbamates (subject to hydrolysis) is 2. The van der Waals surface area contributed by atoms with Gasteiger partial charge in [-0.05, 0) is 73.8 Å². The van der Waals surface area contributed by atoms with Crippen molar-refractivity contribution in [3.05, 3.63) is 60.6 Å². The van der Waals surface area contributed by atoms with Gasteiger partial charge in [-0.25, -0.2) is 19.6 Å². The number of carbonyl (C=O) groups excluding carboxylic acids is 7. The normalized spacial score (nSPS) is 21.9. The number of rotatable bonds is 9. The molecule has 4 N–H and O–H groups in total. The number of fused-ring (bicyclic) bond motifs is 1. The molecule has 0 saturated carbocycles. The van der Waals surface area contributed by atoms with Gasteiger partial charge < -0.3 is 40.2 Å². The van der Waals surface area contributed by atoms with Crippen LogP contribution in [-0.4, -0.2) is 130 Å². The highest BCUT2D eigenvalue weighted by Crippen LogP contribution is 2.33. The average molecular weight is 798 g/mol. The highest BCUT2D eigenvalue weighted by Gasteiger charge is 2.48. The van der Waals surface area contributed by atoms with Gasteiger partial charge in [0.2, 0.25) is 23.6 Å². The van der Waals surface area contributed by atoms with Crippen LogP contribution in [-0.2, 0) is 33.4 Å². The predicted octanol–water partition coefficient (Wildman–Crippen LogP) is 2.95. The molecular weight excluding hydrogens is 750 g/mol. The van der Waals surface area contributed by atoms with E-state index >= 15 is 0 Å². The fraction of sp³-hybridized carbons (Fsp3) is 0.450. The SMILES string of the molecule is COC(=O)NCC(=O)N1CCC[C@H]1c1ncc(-c2ccc(-c3ccc(NC(=O)C4CCCN4C(=O)C4CCCN5C(=O)CCC(NC(=O)OC)C(=O)N45)cc3)cc2)[nH]1. The molecule has 2 aromatic carbocycles. The summed E-state index contributed by atoms with van der Waals surface area (Å²) in [6, 6.07) is 12.3. The smallest absolute Gasteiger partial charge is 0.407 e. The first-order valence-corrected chi connectivity index (χ1v) is 19.5. The second-order valence-electron chi connectivity index (χ2n) is 14.7. The third-order valence-electron chi connectivity index (χ3n) is 11.2. The van der Waals surface area contributed by atoms with Crippen LogP contribution in [0, 0.1) is 0 Å². The predicted molar refractivity (Wildman–Crippen MR) is 207 cm³/mol. The van der Waals surface area contributed by atoms with Gasteiger partial charge in [-0.15, -0.1) is 0 Å². The van der Waals surface area contributed by atoms with Crippen molar-refractivity contribution in [2.75, 3.05) is 45.7 Å². The van der Waals surface area contributed by atoms with Crippen LogP contribution in [0.15, 0.2) is 54.7 Å². The summed E-state index contributed by atoms with van der Waals surface area (Å²) < 4.78 is 9.24. The van der Waals surface area contributed by atoms with E-state index in [0.717, 1.165) is 35.2 Å². The summed E-state index contributed by atoms with van der Waals surface area (Å²) in [5.41, 5.74) is 4.15. The first kappa shape index (κ1) is 39.8. The molecule has 4 fully saturated rings. The largest absolute Gasteiger partial charge is 0.453 e. The molecule has 306 valence electrons. The van der Waals surface area contributed by atoms with Crippen LogP contribution in [0.5, 0.6) is 0 Å². The molecule has 0 aliphatic carbocycles. The minimum atomic E-state index is -1.03. The Hall–Kier alpha value is -6.46. The Balaban J connectivity index is 0.969. The van der Waals surface area contributed by atoms with Crippen molar-refractivity contribution in [3.8, 4) is 22.4 Å². The maximum absolute atomic E-state index is 14.1. The zero-order valence-electron chi connectivity index (χ0n) is 32.4. The van der Waals surface area contributed by atoms with Crippen LogP contribution in [0.4, 0.5) is 15.3 Å². The van der Waals surface area contributed by atoms with Crippen molar-refractivity contribution in [2.24, 2.45) is 0 Å². The van der Waals surface area contributed by atoms with E-state index in [0.29, 0.717) is 50.3 Å². The van der Waals surface area contributed by atoms with Crippen LogP contribution in [0.2, 0.25) is 0 Å². The van der Waals surface area contributed by atoms with Crippen LogP contribution in [0.25, 0.3) is 22.4 Å². The first-order valence-electron chi connectivity index (χ1n) is 19.5. The fourth-order valence-electron chi connectivity index (χ4n) is 8.23. The molecule has 4 saturated heterocycles. The molecular formula is C40H47N9O9. The van der Waals surface area contributed by atoms with Crippen LogP contribution in [0.3, 0.4) is 0 Å². The topological polar surface area (TPSA) is 216 Å². The zero-order chi connectivity index (χ0) is 40.9. The number of methoxy groups -OCH3 is 2. The number of likely N-dealkylation sites (tertiary alicyclic amines) is 2. The molecule has 0 radical (unpaired) electrons. The number of nitrogens with zero attached hydrogens (tertiary/aromatic N) is 5. The molecule has 3 unspecified atom stereocenters. The Morgan fingerprint density at radius 3 is 2.14 bits per heavy atom. The molecule has 5 heterocycles. The van der Waals surface area contributed by atoms with Crippen molar-refractivity contribution in [3.63, 3.8) is 0 Å². The summed E-state index contributed by atoms with van der Waals surface area (Å²) >= 11 is 0. The number of anilines is 1. The van der Waals surface area contributed by atoms with Crippen molar-refractivity contribution in [1.29, 1.82) is 0 Å². The van der Waals surface area contributed by atoms with Crippen LogP contribution < -0.4 is 16.0 Å². The number of amides is 7. The van der Waals surface area contributed by atoms with Crippen molar-refractivity contribution in [1.82, 2.24) is 40.4 Å². The Labute approximate surface area is 334 Å². The number of benzene rings is 2. The lowest BCUT2D eigenvalue weighted by molar-refractivity contribution is -0.179. The lowest BCUT2D eigenvalue weighted by Crippen LogP contribution is -2.64. The molecule has 4 aliphatic rings. The van der Waals surface area contributed by atoms with Crippen LogP contribution >= 0.6 is 0 Å². The van der Waals surface area contributed by atoms with Gasteiger partial charge in [0, 0.05) is 31.7 Å². The Kier molecular flexibility index (Phi) is 11.9. The molecule has 7 rings (SSSR count). The summed E-state index contributed by atoms with van der Waals surface area (Å²) in [6.07, 6.45) is 3.83. The molecule has 3 aromatic rings. The maximum atomic E-state index is 14.1. The summed E-state index contributed by atoms with van der Waals surface area (Å²) in [4.78, 5) is 102. The molecule has 18 heteroatoms. The molecule has 18 nitrogen and oxygen atoms in total. The van der Waals surface area contributed by atoms with E-state index in [1.165, 1.54) is 29.1 Å². The number of hydrazine groups is 1. The Morgan fingerprint density at radius 2 is 1.41 bits per heavy atom. The number of aromatic nitrogens is 2. The van der Waals surface area contributed by atoms with E-state index in [-0.39, 0.29) is 49.7 Å². The van der Waals surface area contributed by atoms with Gasteiger partial charge in [0.25, 0.3) is 5.91 Å². The minimum absolute atomic E-state index is 0.0227. The number of nitrogens with one attached hydrogen (secondary N) is 4. The average Bonchev–Trinajstić information content (AvgIpc) is 4.04. The number of aromatic amines is 1. The van der Waals surface area contributed by atoms with Gasteiger partial charge in [-0.3, -0.25) is 29.0 Å². The van der Waals surface area contributed by atoms with Gasteiger partial charge in [0.05, 0.1) is 32.2 Å². The molecule has 7 amide bonds. The Bertz CT molecular complexity index is 2050. The fourth-order valence-corrected chi connectivity index (χ4v) is 8.23. The van der Waals surface area contributed by atoms with E-state index in [1.54, 1.807) is 23.2 Å². The minimum Gasteiger partial charge on any atom is -0.453 e. The third kappa shape index (κ3) is 8.31. The summed E-state index contributed by atoms with van der Waals surface area (Å²) in [6.45, 7) is 1.03. The number of carbonyl (C=O) groups is 7. The van der Waals surface area contributed by atoms with Gasteiger partial charge in [0.15, 0.2) is 0 Å². The molecule has 0 spiro atoms. The highest BCUT2D eigenvalue weighted by atomic mass is 16.5. The summed E-state index contributed by atoms with van der Waals surface area (Å²) in [7, 11) is 2.43. The van der Waals surface area contributed by atoms with E-state index in [9.17, 15) is 33.6 Å². The lowest BCUT2D eigenvalue weighted by Gasteiger charge is -2.44. The second-order valence-corrected chi connectivity index (χ2v) is 14.7. The first-order chi connectivity index (χ1) is 28.1. The standard InChI is InChI=1S/C40H47N9O9/c1-57-39(55)42-23-34(51)46-19-3-6-30(46)35-41-22-29(44-35)26-11-9-24(10-12-26)25-13-15-27(16-14-25)43-36(52)31-7-4-20-47(31)38(54)32-8-5-21-48-33(50)18-17-28(37(53)49(32)48)45-40(56)58-2/h9-16,22,28,30-32H,3-8,17-21,23H2,1-2H3,(H,41,44)(H,42,55)(H,43,52)(H,45,56)/t28?,30-,31?,32?/m0/s1. The monoisotopic (exact) mass is 797 g/mol. The van der Waals surface area contributed by atoms with Gasteiger partial charge in [-0.1, -0.05) is 36.4 Å². The number of hydrogen-bond acceptors (Lipinski definition) is 10. The third-order valence-corrected chi connectivity index (χ3v) is 11.2. The quantitative estimate of drug-likeness (QED) is 0.248. The molecule has 0 bridgehead atoms. The number of hydrogen-bond donors (Lipinski definition) is 4. The van der Waals surface area contributed by atoms with Crippen LogP contribution in [0.1, 0.15) is 63.2 Å². The second kappa shape index (κ2) is 17.4. The number of ether oxygens (including phenoxy) is 2. The summed E-state index contributed by atoms with van der Waals surface area (Å²) in [5.74, 6) is -1.15. The van der Waals surface area contributed by atoms with Gasteiger partial charge >= 0.3 is 12.2 Å². The maximum Gasteiger partial charge on any atom is 0.407 e. The number of H-pyrrole nitrogens is 1. The van der Waals surface area contributed by atoms with Crippen molar-refractivity contribution in [2.45, 2.75) is 75.5 Å². The summed E-state index contributed by atoms with van der Waals surface area (Å²) in [5, 5.41) is 10.4. The molecule has 58 heavy (non-hydrogen) atoms. The van der Waals surface area contributed by atoms with Gasteiger partial charge in [0.1, 0.15) is 30.5 Å². The Morgan fingerprint density at radius 1 is 0.776 bits per heavy atom. The highest BCUT2D eigenvalue weighted by molar-refractivity contribution is 6.00. The number of imidazole rings is 1. The lowest BCUT2D eigenvalue weighted by atomic mass is 10.0. The molecule has 1 aromatic heterocycles. The van der Waals surface area contributed by atoms with E-state index in [2.05, 4.69) is 35.4 Å². The van der Waals surface area contributed by atoms with E-state index in [1.807, 2.05) is 36.4 Å². The van der Waals surface area contributed by atoms with Gasteiger partial charge in [-0.2, -0.15) is 0 Å². The molecule has 4 atom stereocenters. The van der Waals surface area contributed by atoms with Crippen molar-refractivity contribution < 1.29 is 43.0 Å². The van der Waals surface area contributed by atoms with E-state index < -0.39 is 42.1 Å². The molecule has 4 aliphatic heterocycles. The zero-order valence-corrected chi connectivity index (χ0v) is 32.4.